The molecule has 0 aliphatic carbocycles. The summed E-state index contributed by atoms with van der Waals surface area (Å²) < 4.78 is 0. The summed E-state index contributed by atoms with van der Waals surface area (Å²) in [6.07, 6.45) is 5.61. The fourth-order valence-electron chi connectivity index (χ4n) is 1.25. The Morgan fingerprint density at radius 2 is 2.00 bits per heavy atom. The van der Waals surface area contributed by atoms with Gasteiger partial charge in [-0.25, -0.2) is 0 Å². The van der Waals surface area contributed by atoms with E-state index >= 15 is 0 Å². The molecule has 1 aromatic rings. The number of hydrogen-bond acceptors (Lipinski definition) is 3. The SMILES string of the molecule is C=[C-][C-](C)N(C)[C-]=Nc1ccccc1/C(C)=N/O.[V+2].[Yb]. The zero-order chi connectivity index (χ0) is 13.5. The second kappa shape index (κ2) is 11.5. The topological polar surface area (TPSA) is 48.2 Å². The Bertz CT molecular complexity index is 477. The molecule has 0 saturated heterocycles. The van der Waals surface area contributed by atoms with Crippen molar-refractivity contribution >= 4 is 17.7 Å². The molecule has 1 N–H and O–H groups in total. The zero-order valence-electron chi connectivity index (χ0n) is 11.5. The largest absolute Gasteiger partial charge is 2.00 e. The van der Waals surface area contributed by atoms with Gasteiger partial charge in [0.1, 0.15) is 0 Å². The van der Waals surface area contributed by atoms with E-state index in [1.807, 2.05) is 38.2 Å². The molecule has 0 aromatic heterocycles. The molecule has 0 aliphatic rings. The van der Waals surface area contributed by atoms with Crippen molar-refractivity contribution in [2.75, 3.05) is 7.05 Å². The van der Waals surface area contributed by atoms with Crippen LogP contribution in [0.4, 0.5) is 5.69 Å². The average molecular weight is 466 g/mol. The number of para-hydroxylation sites is 1. The Hall–Kier alpha value is -0.126. The van der Waals surface area contributed by atoms with Gasteiger partial charge >= 0.3 is 18.6 Å². The third-order valence-corrected chi connectivity index (χ3v) is 2.52. The number of rotatable bonds is 5. The first-order chi connectivity index (χ1) is 8.60. The van der Waals surface area contributed by atoms with E-state index in [1.165, 1.54) is 0 Å². The van der Waals surface area contributed by atoms with E-state index in [-0.39, 0.29) is 65.5 Å². The standard InChI is InChI=1S/C14H16N3O.V.Yb/c1-5-11(2)17(4)10-15-14-9-7-6-8-13(14)12(3)16-18;;/h6-9,18H,1H2,2-4H3;;/q-3;+2;/b16-12+;;. The Morgan fingerprint density at radius 3 is 2.55 bits per heavy atom. The maximum atomic E-state index is 8.81. The molecule has 1 rings (SSSR count). The maximum Gasteiger partial charge on any atom is 2.00 e. The predicted octanol–water partition coefficient (Wildman–Crippen LogP) is 2.89. The predicted molar refractivity (Wildman–Crippen MR) is 73.1 cm³/mol. The van der Waals surface area contributed by atoms with Gasteiger partial charge in [-0.05, 0) is 14.0 Å². The van der Waals surface area contributed by atoms with Gasteiger partial charge in [0.2, 0.25) is 0 Å². The number of nitrogens with zero attached hydrogens (tertiary/aromatic N) is 3. The minimum absolute atomic E-state index is 0. The maximum absolute atomic E-state index is 8.81. The van der Waals surface area contributed by atoms with Gasteiger partial charge in [0, 0.05) is 46.9 Å². The van der Waals surface area contributed by atoms with Crippen LogP contribution in [-0.2, 0) is 18.6 Å². The van der Waals surface area contributed by atoms with Gasteiger partial charge in [0.15, 0.2) is 0 Å². The van der Waals surface area contributed by atoms with Crippen LogP contribution in [0.1, 0.15) is 19.4 Å². The molecule has 113 valence electrons. The van der Waals surface area contributed by atoms with Crippen molar-refractivity contribution in [1.82, 2.24) is 4.90 Å². The van der Waals surface area contributed by atoms with Crippen LogP contribution in [0.15, 0.2) is 41.0 Å². The molecule has 0 aliphatic heterocycles. The van der Waals surface area contributed by atoms with Gasteiger partial charge < -0.3 is 33.8 Å². The number of aliphatic imine (C=N–C) groups is 1. The van der Waals surface area contributed by atoms with Gasteiger partial charge in [0.05, 0.1) is 5.71 Å². The van der Waals surface area contributed by atoms with Crippen molar-refractivity contribution in [3.05, 3.63) is 48.5 Å². The summed E-state index contributed by atoms with van der Waals surface area (Å²) in [5, 5.41) is 12.0. The van der Waals surface area contributed by atoms with Gasteiger partial charge in [-0.2, -0.15) is 0 Å². The molecule has 20 heavy (non-hydrogen) atoms. The molecule has 0 fully saturated rings. The van der Waals surface area contributed by atoms with Crippen LogP contribution in [-0.4, -0.2) is 29.2 Å². The Kier molecular flexibility index (Phi) is 12.8. The zero-order valence-corrected chi connectivity index (χ0v) is 14.6. The van der Waals surface area contributed by atoms with Crippen molar-refractivity contribution in [3.63, 3.8) is 0 Å². The van der Waals surface area contributed by atoms with E-state index in [1.54, 1.807) is 11.8 Å². The summed E-state index contributed by atoms with van der Waals surface area (Å²) in [6, 6.07) is 8.22. The molecule has 0 unspecified atom stereocenters. The molecule has 1 aromatic carbocycles. The van der Waals surface area contributed by atoms with Crippen molar-refractivity contribution in [3.8, 4) is 0 Å². The Balaban J connectivity index is 0. The summed E-state index contributed by atoms with van der Waals surface area (Å²) in [5.74, 6) is 0. The smallest absolute Gasteiger partial charge is 0.670 e. The number of benzene rings is 1. The van der Waals surface area contributed by atoms with E-state index in [4.69, 9.17) is 5.21 Å². The van der Waals surface area contributed by atoms with Crippen LogP contribution in [0.3, 0.4) is 0 Å². The van der Waals surface area contributed by atoms with E-state index in [0.29, 0.717) is 11.4 Å². The summed E-state index contributed by atoms with van der Waals surface area (Å²) in [4.78, 5) is 5.93. The van der Waals surface area contributed by atoms with Crippen molar-refractivity contribution in [2.45, 2.75) is 13.8 Å². The number of likely N-dealkylation sites (N-methyl/N-ethyl adjacent to an activating group) is 1. The Labute approximate surface area is 171 Å². The van der Waals surface area contributed by atoms with Crippen LogP contribution >= 0.6 is 0 Å². The molecule has 6 heteroatoms. The normalized spacial score (nSPS) is 10.4. The van der Waals surface area contributed by atoms with Gasteiger partial charge in [0.25, 0.3) is 0 Å². The third kappa shape index (κ3) is 6.55. The van der Waals surface area contributed by atoms with Crippen LogP contribution in [0.2, 0.25) is 0 Å². The van der Waals surface area contributed by atoms with E-state index < -0.39 is 0 Å². The van der Waals surface area contributed by atoms with Crippen LogP contribution in [0, 0.1) is 59.0 Å². The van der Waals surface area contributed by atoms with Crippen molar-refractivity contribution < 1.29 is 70.7 Å². The summed E-state index contributed by atoms with van der Waals surface area (Å²) in [7, 11) is 1.81. The molecule has 0 saturated carbocycles. The van der Waals surface area contributed by atoms with Gasteiger partial charge in [-0.15, -0.1) is 13.0 Å². The van der Waals surface area contributed by atoms with Gasteiger partial charge in [-0.3, -0.25) is 0 Å². The second-order valence-electron chi connectivity index (χ2n) is 3.74. The minimum Gasteiger partial charge on any atom is -0.670 e. The van der Waals surface area contributed by atoms with Crippen LogP contribution in [0.5, 0.6) is 0 Å². The monoisotopic (exact) mass is 467 g/mol. The first-order valence-corrected chi connectivity index (χ1v) is 5.45. The summed E-state index contributed by atoms with van der Waals surface area (Å²) in [6.45, 7) is 7.14. The Morgan fingerprint density at radius 1 is 1.40 bits per heavy atom. The molecule has 1 radical (unpaired) electrons. The average Bonchev–Trinajstić information content (AvgIpc) is 2.43. The van der Waals surface area contributed by atoms with E-state index in [9.17, 15) is 0 Å². The van der Waals surface area contributed by atoms with Crippen LogP contribution in [0.25, 0.3) is 0 Å². The van der Waals surface area contributed by atoms with Crippen molar-refractivity contribution in [1.29, 1.82) is 0 Å². The molecule has 4 nitrogen and oxygen atoms in total. The number of oxime groups is 1. The molecular weight excluding hydrogens is 450 g/mol. The fraction of sp³-hybridized carbons (Fsp3) is 0.214. The second-order valence-corrected chi connectivity index (χ2v) is 3.74. The van der Waals surface area contributed by atoms with Gasteiger partial charge in [-0.1, -0.05) is 40.9 Å². The minimum atomic E-state index is 0. The molecule has 0 spiro atoms. The molecular formula is C14H16N3OVYb-. The fourth-order valence-corrected chi connectivity index (χ4v) is 1.25. The number of hydrogen-bond donors (Lipinski definition) is 1. The molecule has 0 atom stereocenters. The first-order valence-electron chi connectivity index (χ1n) is 5.45. The van der Waals surface area contributed by atoms with Crippen molar-refractivity contribution in [2.24, 2.45) is 10.1 Å². The summed E-state index contributed by atoms with van der Waals surface area (Å²) in [5.41, 5.74) is 1.97. The van der Waals surface area contributed by atoms with Crippen LogP contribution < -0.4 is 0 Å². The van der Waals surface area contributed by atoms with E-state index in [0.717, 1.165) is 11.6 Å². The molecule has 0 heterocycles. The van der Waals surface area contributed by atoms with E-state index in [2.05, 4.69) is 29.1 Å². The molecule has 0 bridgehead atoms. The third-order valence-electron chi connectivity index (χ3n) is 2.52. The molecule has 0 amide bonds. The summed E-state index contributed by atoms with van der Waals surface area (Å²) >= 11 is 0. The first kappa shape index (κ1) is 22.2. The quantitative estimate of drug-likeness (QED) is 0.181.